The zero-order chi connectivity index (χ0) is 18.3. The van der Waals surface area contributed by atoms with Gasteiger partial charge in [-0.15, -0.1) is 0 Å². The first-order valence-electron chi connectivity index (χ1n) is 8.26. The molecule has 0 atom stereocenters. The van der Waals surface area contributed by atoms with E-state index in [1.54, 1.807) is 35.9 Å². The van der Waals surface area contributed by atoms with Crippen LogP contribution in [0.3, 0.4) is 0 Å². The number of hydrogen-bond acceptors (Lipinski definition) is 4. The van der Waals surface area contributed by atoms with Crippen LogP contribution in [0.5, 0.6) is 0 Å². The van der Waals surface area contributed by atoms with Gasteiger partial charge >= 0.3 is 0 Å². The minimum atomic E-state index is -3.37. The van der Waals surface area contributed by atoms with Crippen LogP contribution >= 0.6 is 0 Å². The molecule has 136 valence electrons. The molecule has 0 aliphatic heterocycles. The lowest BCUT2D eigenvalue weighted by atomic mass is 10.1. The highest BCUT2D eigenvalue weighted by atomic mass is 32.2. The van der Waals surface area contributed by atoms with E-state index in [2.05, 4.69) is 15.1 Å². The van der Waals surface area contributed by atoms with E-state index < -0.39 is 10.0 Å². The van der Waals surface area contributed by atoms with Crippen molar-refractivity contribution in [3.63, 3.8) is 0 Å². The van der Waals surface area contributed by atoms with Crippen LogP contribution in [-0.2, 0) is 23.5 Å². The van der Waals surface area contributed by atoms with Gasteiger partial charge in [0.15, 0.2) is 0 Å². The maximum absolute atomic E-state index is 12.2. The molecule has 0 unspecified atom stereocenters. The molecule has 0 spiro atoms. The van der Waals surface area contributed by atoms with Gasteiger partial charge < -0.3 is 5.32 Å². The van der Waals surface area contributed by atoms with E-state index >= 15 is 0 Å². The maximum atomic E-state index is 12.2. The SMILES string of the molecule is CCCS(=O)(=O)Nc1cccc(C(=O)NCCCc2cnn(C)c2)c1. The molecule has 1 aromatic heterocycles. The molecular formula is C17H24N4O3S. The summed E-state index contributed by atoms with van der Waals surface area (Å²) in [7, 11) is -1.50. The van der Waals surface area contributed by atoms with Crippen molar-refractivity contribution in [2.45, 2.75) is 26.2 Å². The Morgan fingerprint density at radius 3 is 2.80 bits per heavy atom. The van der Waals surface area contributed by atoms with Crippen molar-refractivity contribution in [3.8, 4) is 0 Å². The van der Waals surface area contributed by atoms with E-state index in [1.165, 1.54) is 0 Å². The number of hydrogen-bond donors (Lipinski definition) is 2. The standard InChI is InChI=1S/C17H24N4O3S/c1-3-10-25(23,24)20-16-8-4-7-15(11-16)17(22)18-9-5-6-14-12-19-21(2)13-14/h4,7-8,11-13,20H,3,5-6,9-10H2,1-2H3,(H,18,22). The molecule has 1 amide bonds. The van der Waals surface area contributed by atoms with Gasteiger partial charge in [-0.25, -0.2) is 8.42 Å². The van der Waals surface area contributed by atoms with Crippen LogP contribution in [-0.4, -0.2) is 36.4 Å². The lowest BCUT2D eigenvalue weighted by molar-refractivity contribution is 0.0953. The Balaban J connectivity index is 1.85. The molecular weight excluding hydrogens is 340 g/mol. The number of rotatable bonds is 9. The van der Waals surface area contributed by atoms with Crippen LogP contribution < -0.4 is 10.0 Å². The van der Waals surface area contributed by atoms with Crippen LogP contribution in [0.15, 0.2) is 36.7 Å². The Morgan fingerprint density at radius 2 is 2.12 bits per heavy atom. The fraction of sp³-hybridized carbons (Fsp3) is 0.412. The molecule has 0 aliphatic carbocycles. The predicted octanol–water partition coefficient (Wildman–Crippen LogP) is 1.93. The Morgan fingerprint density at radius 1 is 1.32 bits per heavy atom. The van der Waals surface area contributed by atoms with Crippen LogP contribution in [0.25, 0.3) is 0 Å². The summed E-state index contributed by atoms with van der Waals surface area (Å²) >= 11 is 0. The van der Waals surface area contributed by atoms with E-state index in [4.69, 9.17) is 0 Å². The third-order valence-electron chi connectivity index (χ3n) is 3.56. The number of nitrogens with zero attached hydrogens (tertiary/aromatic N) is 2. The lowest BCUT2D eigenvalue weighted by Gasteiger charge is -2.09. The Kier molecular flexibility index (Phi) is 6.58. The van der Waals surface area contributed by atoms with E-state index in [-0.39, 0.29) is 11.7 Å². The summed E-state index contributed by atoms with van der Waals surface area (Å²) in [5.41, 5.74) is 1.96. The molecule has 25 heavy (non-hydrogen) atoms. The largest absolute Gasteiger partial charge is 0.352 e. The van der Waals surface area contributed by atoms with Crippen LogP contribution in [0.1, 0.15) is 35.7 Å². The molecule has 0 fully saturated rings. The Bertz CT molecular complexity index is 815. The fourth-order valence-electron chi connectivity index (χ4n) is 2.42. The summed E-state index contributed by atoms with van der Waals surface area (Å²) in [5, 5.41) is 6.95. The van der Waals surface area contributed by atoms with E-state index in [0.717, 1.165) is 18.4 Å². The fourth-order valence-corrected chi connectivity index (χ4v) is 3.55. The molecule has 2 aromatic rings. The zero-order valence-electron chi connectivity index (χ0n) is 14.5. The minimum absolute atomic E-state index is 0.0533. The summed E-state index contributed by atoms with van der Waals surface area (Å²) < 4.78 is 27.9. The number of aromatic nitrogens is 2. The highest BCUT2D eigenvalue weighted by molar-refractivity contribution is 7.92. The number of benzene rings is 1. The molecule has 8 heteroatoms. The second-order valence-corrected chi connectivity index (χ2v) is 7.73. The summed E-state index contributed by atoms with van der Waals surface area (Å²) in [6.45, 7) is 2.34. The van der Waals surface area contributed by atoms with E-state index in [1.807, 2.05) is 19.4 Å². The van der Waals surface area contributed by atoms with Crippen molar-refractivity contribution >= 4 is 21.6 Å². The van der Waals surface area contributed by atoms with Gasteiger partial charge in [0, 0.05) is 31.0 Å². The highest BCUT2D eigenvalue weighted by Gasteiger charge is 2.11. The van der Waals surface area contributed by atoms with Gasteiger partial charge in [0.25, 0.3) is 5.91 Å². The molecule has 7 nitrogen and oxygen atoms in total. The summed E-state index contributed by atoms with van der Waals surface area (Å²) in [6.07, 6.45) is 5.94. The zero-order valence-corrected chi connectivity index (χ0v) is 15.3. The highest BCUT2D eigenvalue weighted by Crippen LogP contribution is 2.13. The predicted molar refractivity (Wildman–Crippen MR) is 98.0 cm³/mol. The van der Waals surface area contributed by atoms with E-state index in [9.17, 15) is 13.2 Å². The van der Waals surface area contributed by atoms with Gasteiger partial charge in [0.2, 0.25) is 10.0 Å². The third-order valence-corrected chi connectivity index (χ3v) is 5.05. The van der Waals surface area contributed by atoms with Gasteiger partial charge in [-0.3, -0.25) is 14.2 Å². The van der Waals surface area contributed by atoms with Gasteiger partial charge in [0.1, 0.15) is 0 Å². The first-order chi connectivity index (χ1) is 11.9. The van der Waals surface area contributed by atoms with Crippen molar-refractivity contribution < 1.29 is 13.2 Å². The molecule has 0 radical (unpaired) electrons. The number of sulfonamides is 1. The average molecular weight is 364 g/mol. The number of nitrogens with one attached hydrogen (secondary N) is 2. The van der Waals surface area contributed by atoms with Crippen LogP contribution in [0.2, 0.25) is 0 Å². The lowest BCUT2D eigenvalue weighted by Crippen LogP contribution is -2.25. The minimum Gasteiger partial charge on any atom is -0.352 e. The molecule has 2 rings (SSSR count). The number of aryl methyl sites for hydroxylation is 2. The van der Waals surface area contributed by atoms with Crippen molar-refractivity contribution in [2.75, 3.05) is 17.0 Å². The monoisotopic (exact) mass is 364 g/mol. The maximum Gasteiger partial charge on any atom is 0.251 e. The number of amides is 1. The molecule has 0 saturated carbocycles. The van der Waals surface area contributed by atoms with Gasteiger partial charge in [-0.2, -0.15) is 5.10 Å². The number of carbonyl (C=O) groups is 1. The molecule has 0 bridgehead atoms. The summed E-state index contributed by atoms with van der Waals surface area (Å²) in [6, 6.07) is 6.50. The van der Waals surface area contributed by atoms with Crippen molar-refractivity contribution in [2.24, 2.45) is 7.05 Å². The van der Waals surface area contributed by atoms with Crippen molar-refractivity contribution in [3.05, 3.63) is 47.8 Å². The Hall–Kier alpha value is -2.35. The molecule has 1 aromatic carbocycles. The second-order valence-electron chi connectivity index (χ2n) is 5.88. The smallest absolute Gasteiger partial charge is 0.251 e. The van der Waals surface area contributed by atoms with Gasteiger partial charge in [-0.05, 0) is 43.0 Å². The number of carbonyl (C=O) groups excluding carboxylic acids is 1. The van der Waals surface area contributed by atoms with Gasteiger partial charge in [-0.1, -0.05) is 13.0 Å². The summed E-state index contributed by atoms with van der Waals surface area (Å²) in [4.78, 5) is 12.2. The first kappa shape index (κ1) is 19.0. The van der Waals surface area contributed by atoms with E-state index in [0.29, 0.717) is 24.2 Å². The number of anilines is 1. The van der Waals surface area contributed by atoms with Crippen LogP contribution in [0, 0.1) is 0 Å². The first-order valence-corrected chi connectivity index (χ1v) is 9.91. The Labute approximate surface area is 148 Å². The molecule has 1 heterocycles. The average Bonchev–Trinajstić information content (AvgIpc) is 2.96. The topological polar surface area (TPSA) is 93.1 Å². The second kappa shape index (κ2) is 8.66. The van der Waals surface area contributed by atoms with Crippen LogP contribution in [0.4, 0.5) is 5.69 Å². The quantitative estimate of drug-likeness (QED) is 0.665. The molecule has 2 N–H and O–H groups in total. The summed E-state index contributed by atoms with van der Waals surface area (Å²) in [5.74, 6) is -0.166. The van der Waals surface area contributed by atoms with Crippen molar-refractivity contribution in [1.29, 1.82) is 0 Å². The third kappa shape index (κ3) is 6.22. The van der Waals surface area contributed by atoms with Crippen molar-refractivity contribution in [1.82, 2.24) is 15.1 Å². The molecule has 0 saturated heterocycles. The molecule has 0 aliphatic rings. The normalized spacial score (nSPS) is 11.3. The van der Waals surface area contributed by atoms with Gasteiger partial charge in [0.05, 0.1) is 11.9 Å².